The maximum Gasteiger partial charge on any atom is 0.256 e. The number of aryl methyl sites for hydroxylation is 1. The Hall–Kier alpha value is -3.21. The quantitative estimate of drug-likeness (QED) is 0.702. The third kappa shape index (κ3) is 3.37. The molecule has 0 radical (unpaired) electrons. The van der Waals surface area contributed by atoms with Crippen molar-refractivity contribution in [3.8, 4) is 0 Å². The van der Waals surface area contributed by atoms with Gasteiger partial charge in [0.15, 0.2) is 0 Å². The second-order valence-corrected chi connectivity index (χ2v) is 7.99. The van der Waals surface area contributed by atoms with Crippen LogP contribution in [0.15, 0.2) is 48.5 Å². The molecule has 2 amide bonds. The molecular formula is C24H23N3O2. The summed E-state index contributed by atoms with van der Waals surface area (Å²) in [6, 6.07) is 15.5. The SMILES string of the molecule is Cc1cc(NC(=O)c2cc(C3CC3)nc3ccccc23)ccc1N1CCCC1=O. The fourth-order valence-electron chi connectivity index (χ4n) is 4.11. The van der Waals surface area contributed by atoms with Crippen molar-refractivity contribution in [2.75, 3.05) is 16.8 Å². The normalized spacial score (nSPS) is 16.4. The Morgan fingerprint density at radius 1 is 1.14 bits per heavy atom. The van der Waals surface area contributed by atoms with Gasteiger partial charge in [-0.25, -0.2) is 0 Å². The number of aromatic nitrogens is 1. The smallest absolute Gasteiger partial charge is 0.256 e. The minimum atomic E-state index is -0.130. The Morgan fingerprint density at radius 2 is 1.97 bits per heavy atom. The number of hydrogen-bond donors (Lipinski definition) is 1. The average molecular weight is 385 g/mol. The predicted octanol–water partition coefficient (Wildman–Crippen LogP) is 4.80. The van der Waals surface area contributed by atoms with Crippen molar-refractivity contribution in [3.63, 3.8) is 0 Å². The van der Waals surface area contributed by atoms with Gasteiger partial charge in [0.05, 0.1) is 11.1 Å². The summed E-state index contributed by atoms with van der Waals surface area (Å²) in [7, 11) is 0. The Bertz CT molecular complexity index is 1130. The fourth-order valence-corrected chi connectivity index (χ4v) is 4.11. The molecular weight excluding hydrogens is 362 g/mol. The van der Waals surface area contributed by atoms with E-state index in [-0.39, 0.29) is 11.8 Å². The van der Waals surface area contributed by atoms with Crippen LogP contribution in [0.4, 0.5) is 11.4 Å². The van der Waals surface area contributed by atoms with Crippen molar-refractivity contribution >= 4 is 34.1 Å². The molecule has 2 aliphatic rings. The molecule has 2 aromatic carbocycles. The van der Waals surface area contributed by atoms with Crippen LogP contribution >= 0.6 is 0 Å². The summed E-state index contributed by atoms with van der Waals surface area (Å²) in [4.78, 5) is 31.7. The highest BCUT2D eigenvalue weighted by Gasteiger charge is 2.27. The van der Waals surface area contributed by atoms with E-state index in [2.05, 4.69) is 5.32 Å². The van der Waals surface area contributed by atoms with E-state index in [1.54, 1.807) is 0 Å². The van der Waals surface area contributed by atoms with Crippen LogP contribution in [0.2, 0.25) is 0 Å². The molecule has 5 nitrogen and oxygen atoms in total. The fraction of sp³-hybridized carbons (Fsp3) is 0.292. The maximum absolute atomic E-state index is 13.1. The van der Waals surface area contributed by atoms with Crippen LogP contribution in [0.3, 0.4) is 0 Å². The first-order chi connectivity index (χ1) is 14.1. The van der Waals surface area contributed by atoms with Gasteiger partial charge in [-0.1, -0.05) is 18.2 Å². The molecule has 1 aromatic heterocycles. The number of pyridine rings is 1. The van der Waals surface area contributed by atoms with E-state index >= 15 is 0 Å². The standard InChI is InChI=1S/C24H23N3O2/c1-15-13-17(10-11-22(15)27-12-4-7-23(27)28)25-24(29)19-14-21(16-8-9-16)26-20-6-3-2-5-18(19)20/h2-3,5-6,10-11,13-14,16H,4,7-9,12H2,1H3,(H,25,29). The molecule has 5 heteroatoms. The summed E-state index contributed by atoms with van der Waals surface area (Å²) < 4.78 is 0. The number of benzene rings is 2. The van der Waals surface area contributed by atoms with Crippen molar-refractivity contribution in [1.29, 1.82) is 0 Å². The van der Waals surface area contributed by atoms with Gasteiger partial charge in [-0.05, 0) is 62.1 Å². The van der Waals surface area contributed by atoms with E-state index in [0.717, 1.165) is 59.3 Å². The number of fused-ring (bicyclic) bond motifs is 1. The lowest BCUT2D eigenvalue weighted by atomic mass is 10.0. The van der Waals surface area contributed by atoms with Crippen LogP contribution in [0.1, 0.15) is 53.2 Å². The van der Waals surface area contributed by atoms with Crippen molar-refractivity contribution in [3.05, 3.63) is 65.4 Å². The van der Waals surface area contributed by atoms with Crippen LogP contribution in [-0.4, -0.2) is 23.3 Å². The third-order valence-corrected chi connectivity index (χ3v) is 5.80. The van der Waals surface area contributed by atoms with Crippen molar-refractivity contribution < 1.29 is 9.59 Å². The van der Waals surface area contributed by atoms with E-state index in [1.807, 2.05) is 60.4 Å². The van der Waals surface area contributed by atoms with E-state index in [9.17, 15) is 9.59 Å². The first-order valence-corrected chi connectivity index (χ1v) is 10.2. The molecule has 1 saturated carbocycles. The second kappa shape index (κ2) is 6.99. The molecule has 0 atom stereocenters. The summed E-state index contributed by atoms with van der Waals surface area (Å²) in [6.07, 6.45) is 3.79. The number of hydrogen-bond acceptors (Lipinski definition) is 3. The van der Waals surface area contributed by atoms with Gasteiger partial charge >= 0.3 is 0 Å². The molecule has 0 bridgehead atoms. The summed E-state index contributed by atoms with van der Waals surface area (Å²) in [5, 5.41) is 3.90. The highest BCUT2D eigenvalue weighted by Crippen LogP contribution is 2.40. The molecule has 1 aliphatic carbocycles. The number of amides is 2. The topological polar surface area (TPSA) is 62.3 Å². The van der Waals surface area contributed by atoms with E-state index in [0.29, 0.717) is 17.9 Å². The number of nitrogens with one attached hydrogen (secondary N) is 1. The summed E-state index contributed by atoms with van der Waals surface area (Å²) in [6.45, 7) is 2.74. The Morgan fingerprint density at radius 3 is 2.69 bits per heavy atom. The van der Waals surface area contributed by atoms with Gasteiger partial charge in [0.1, 0.15) is 0 Å². The van der Waals surface area contributed by atoms with E-state index in [4.69, 9.17) is 4.98 Å². The van der Waals surface area contributed by atoms with Crippen LogP contribution in [0, 0.1) is 6.92 Å². The van der Waals surface area contributed by atoms with Gasteiger partial charge in [-0.15, -0.1) is 0 Å². The zero-order valence-corrected chi connectivity index (χ0v) is 16.4. The number of nitrogens with zero attached hydrogens (tertiary/aromatic N) is 2. The Labute approximate surface area is 169 Å². The summed E-state index contributed by atoms with van der Waals surface area (Å²) in [5.41, 5.74) is 5.17. The van der Waals surface area contributed by atoms with Crippen LogP contribution < -0.4 is 10.2 Å². The molecule has 5 rings (SSSR count). The number of para-hydroxylation sites is 1. The number of rotatable bonds is 4. The summed E-state index contributed by atoms with van der Waals surface area (Å²) >= 11 is 0. The zero-order valence-electron chi connectivity index (χ0n) is 16.4. The minimum Gasteiger partial charge on any atom is -0.322 e. The molecule has 1 aliphatic heterocycles. The lowest BCUT2D eigenvalue weighted by Gasteiger charge is -2.19. The molecule has 0 unspecified atom stereocenters. The highest BCUT2D eigenvalue weighted by atomic mass is 16.2. The lowest BCUT2D eigenvalue weighted by molar-refractivity contribution is -0.117. The average Bonchev–Trinajstić information content (AvgIpc) is 3.49. The summed E-state index contributed by atoms with van der Waals surface area (Å²) in [5.74, 6) is 0.515. The molecule has 146 valence electrons. The molecule has 2 fully saturated rings. The molecule has 1 N–H and O–H groups in total. The van der Waals surface area contributed by atoms with Crippen molar-refractivity contribution in [1.82, 2.24) is 4.98 Å². The zero-order chi connectivity index (χ0) is 20.0. The first-order valence-electron chi connectivity index (χ1n) is 10.2. The molecule has 29 heavy (non-hydrogen) atoms. The number of carbonyl (C=O) groups is 2. The van der Waals surface area contributed by atoms with Gasteiger partial charge in [-0.3, -0.25) is 14.6 Å². The van der Waals surface area contributed by atoms with Crippen LogP contribution in [0.5, 0.6) is 0 Å². The molecule has 1 saturated heterocycles. The van der Waals surface area contributed by atoms with Gasteiger partial charge in [-0.2, -0.15) is 0 Å². The highest BCUT2D eigenvalue weighted by molar-refractivity contribution is 6.12. The van der Waals surface area contributed by atoms with Gasteiger partial charge in [0.25, 0.3) is 5.91 Å². The first kappa shape index (κ1) is 17.9. The van der Waals surface area contributed by atoms with Gasteiger partial charge in [0, 0.05) is 41.3 Å². The van der Waals surface area contributed by atoms with Crippen LogP contribution in [0.25, 0.3) is 10.9 Å². The second-order valence-electron chi connectivity index (χ2n) is 7.99. The number of carbonyl (C=O) groups excluding carboxylic acids is 2. The largest absolute Gasteiger partial charge is 0.322 e. The Kier molecular flexibility index (Phi) is 4.31. The third-order valence-electron chi connectivity index (χ3n) is 5.80. The monoisotopic (exact) mass is 385 g/mol. The van der Waals surface area contributed by atoms with Crippen molar-refractivity contribution in [2.45, 2.75) is 38.5 Å². The maximum atomic E-state index is 13.1. The Balaban J connectivity index is 1.45. The van der Waals surface area contributed by atoms with Crippen LogP contribution in [-0.2, 0) is 4.79 Å². The molecule has 3 aromatic rings. The molecule has 0 spiro atoms. The minimum absolute atomic E-state index is 0.130. The van der Waals surface area contributed by atoms with Gasteiger partial charge < -0.3 is 10.2 Å². The van der Waals surface area contributed by atoms with E-state index in [1.165, 1.54) is 0 Å². The number of anilines is 2. The lowest BCUT2D eigenvalue weighted by Crippen LogP contribution is -2.24. The predicted molar refractivity (Wildman–Crippen MR) is 114 cm³/mol. The van der Waals surface area contributed by atoms with Crippen molar-refractivity contribution in [2.24, 2.45) is 0 Å². The van der Waals surface area contributed by atoms with Gasteiger partial charge in [0.2, 0.25) is 5.91 Å². The van der Waals surface area contributed by atoms with E-state index < -0.39 is 0 Å². The molecule has 2 heterocycles.